The van der Waals surface area contributed by atoms with E-state index in [0.29, 0.717) is 0 Å². The van der Waals surface area contributed by atoms with Crippen LogP contribution in [0.3, 0.4) is 0 Å². The van der Waals surface area contributed by atoms with Gasteiger partial charge in [0, 0.05) is 6.61 Å². The van der Waals surface area contributed by atoms with Crippen LogP contribution < -0.4 is 0 Å². The fourth-order valence-corrected chi connectivity index (χ4v) is 0.480. The molecular formula is C6H4BN4O-. The van der Waals surface area contributed by atoms with E-state index in [9.17, 15) is 0 Å². The van der Waals surface area contributed by atoms with Crippen LogP contribution in [0.1, 0.15) is 6.42 Å². The van der Waals surface area contributed by atoms with Crippen LogP contribution in [0.25, 0.3) is 0 Å². The minimum Gasteiger partial charge on any atom is -0.556 e. The van der Waals surface area contributed by atoms with Crippen molar-refractivity contribution >= 4 is 6.35 Å². The molecule has 0 rings (SSSR count). The van der Waals surface area contributed by atoms with Gasteiger partial charge in [0.15, 0.2) is 0 Å². The van der Waals surface area contributed by atoms with E-state index >= 15 is 0 Å². The molecule has 0 aliphatic rings. The van der Waals surface area contributed by atoms with Crippen molar-refractivity contribution in [3.63, 3.8) is 0 Å². The standard InChI is InChI=1S/C6H4BN4O/c8-2-1-3-12-7(4-9,5-10)6-11/h1,3H2/q-1. The normalized spacial score (nSPS) is 8.67. The SMILES string of the molecule is N#CCCO[B-](C#N)(C#N)C#N. The summed E-state index contributed by atoms with van der Waals surface area (Å²) >= 11 is 0. The minimum atomic E-state index is -2.70. The predicted octanol–water partition coefficient (Wildman–Crippen LogP) is 0.0505. The van der Waals surface area contributed by atoms with Crippen LogP contribution in [0, 0.1) is 45.0 Å². The van der Waals surface area contributed by atoms with Crippen molar-refractivity contribution in [2.75, 3.05) is 6.61 Å². The van der Waals surface area contributed by atoms with E-state index in [2.05, 4.69) is 4.65 Å². The molecule has 0 saturated carbocycles. The van der Waals surface area contributed by atoms with Gasteiger partial charge in [-0.05, 0) is 0 Å². The van der Waals surface area contributed by atoms with Crippen LogP contribution in [-0.4, -0.2) is 13.0 Å². The molecule has 0 aliphatic carbocycles. The molecule has 0 unspecified atom stereocenters. The summed E-state index contributed by atoms with van der Waals surface area (Å²) < 4.78 is 4.67. The van der Waals surface area contributed by atoms with E-state index in [1.54, 1.807) is 6.07 Å². The average Bonchev–Trinajstić information content (AvgIpc) is 2.14. The highest BCUT2D eigenvalue weighted by molar-refractivity contribution is 6.94. The highest BCUT2D eigenvalue weighted by atomic mass is 16.4. The molecule has 0 aliphatic heterocycles. The van der Waals surface area contributed by atoms with Gasteiger partial charge in [-0.15, -0.1) is 0 Å². The number of rotatable bonds is 3. The summed E-state index contributed by atoms with van der Waals surface area (Å²) in [4.78, 5) is 0. The molecule has 0 heterocycles. The molecule has 0 fully saturated rings. The Kier molecular flexibility index (Phi) is 3.95. The maximum absolute atomic E-state index is 8.40. The lowest BCUT2D eigenvalue weighted by Crippen LogP contribution is -2.34. The Morgan fingerprint density at radius 1 is 1.00 bits per heavy atom. The molecule has 0 N–H and O–H groups in total. The van der Waals surface area contributed by atoms with Crippen molar-refractivity contribution < 1.29 is 4.65 Å². The van der Waals surface area contributed by atoms with Crippen LogP contribution in [0.4, 0.5) is 0 Å². The summed E-state index contributed by atoms with van der Waals surface area (Å²) in [5.74, 6) is 4.45. The van der Waals surface area contributed by atoms with Crippen molar-refractivity contribution in [2.45, 2.75) is 6.42 Å². The zero-order chi connectivity index (χ0) is 9.45. The van der Waals surface area contributed by atoms with Crippen molar-refractivity contribution in [3.05, 3.63) is 0 Å². The molecule has 0 atom stereocenters. The summed E-state index contributed by atoms with van der Waals surface area (Å²) in [7, 11) is 0. The van der Waals surface area contributed by atoms with Gasteiger partial charge >= 0.3 is 6.35 Å². The Bertz CT molecular complexity index is 276. The zero-order valence-corrected chi connectivity index (χ0v) is 6.19. The summed E-state index contributed by atoms with van der Waals surface area (Å²) in [6.07, 6.45) is -2.64. The van der Waals surface area contributed by atoms with Crippen molar-refractivity contribution in [2.24, 2.45) is 0 Å². The van der Waals surface area contributed by atoms with E-state index in [1.165, 1.54) is 17.9 Å². The first kappa shape index (κ1) is 9.98. The Morgan fingerprint density at radius 2 is 1.50 bits per heavy atom. The van der Waals surface area contributed by atoms with Crippen LogP contribution in [-0.2, 0) is 4.65 Å². The van der Waals surface area contributed by atoms with Gasteiger partial charge < -0.3 is 4.65 Å². The van der Waals surface area contributed by atoms with Crippen LogP contribution in [0.15, 0.2) is 0 Å². The molecule has 0 amide bonds. The molecule has 0 aromatic carbocycles. The summed E-state index contributed by atoms with van der Waals surface area (Å²) in [6.45, 7) is -0.0643. The molecule has 0 aromatic heterocycles. The highest BCUT2D eigenvalue weighted by Crippen LogP contribution is 2.00. The third kappa shape index (κ3) is 2.31. The van der Waals surface area contributed by atoms with E-state index < -0.39 is 6.35 Å². The third-order valence-corrected chi connectivity index (χ3v) is 1.13. The number of hydrogen-bond donors (Lipinski definition) is 0. The Hall–Kier alpha value is -2.02. The number of hydrogen-bond acceptors (Lipinski definition) is 5. The fourth-order valence-electron chi connectivity index (χ4n) is 0.480. The second-order valence-electron chi connectivity index (χ2n) is 1.95. The summed E-state index contributed by atoms with van der Waals surface area (Å²) in [6, 6.07) is 1.77. The number of nitrogens with zero attached hydrogens (tertiary/aromatic N) is 4. The molecule has 0 bridgehead atoms. The molecule has 6 heteroatoms. The smallest absolute Gasteiger partial charge is 0.408 e. The molecule has 0 spiro atoms. The minimum absolute atomic E-state index is 0.0640. The monoisotopic (exact) mass is 159 g/mol. The van der Waals surface area contributed by atoms with Crippen molar-refractivity contribution in [1.29, 1.82) is 21.0 Å². The first-order chi connectivity index (χ1) is 5.74. The van der Waals surface area contributed by atoms with Crippen LogP contribution in [0.5, 0.6) is 0 Å². The summed E-state index contributed by atoms with van der Waals surface area (Å²) in [5, 5.41) is 33.3. The zero-order valence-electron chi connectivity index (χ0n) is 6.19. The van der Waals surface area contributed by atoms with Gasteiger partial charge in [0.25, 0.3) is 0 Å². The van der Waals surface area contributed by atoms with Gasteiger partial charge in [0.2, 0.25) is 0 Å². The molecular weight excluding hydrogens is 155 g/mol. The van der Waals surface area contributed by atoms with Crippen molar-refractivity contribution in [3.8, 4) is 24.0 Å². The van der Waals surface area contributed by atoms with Crippen LogP contribution >= 0.6 is 0 Å². The first-order valence-electron chi connectivity index (χ1n) is 3.14. The summed E-state index contributed by atoms with van der Waals surface area (Å²) in [5.41, 5.74) is 0. The average molecular weight is 159 g/mol. The largest absolute Gasteiger partial charge is 0.556 e. The van der Waals surface area contributed by atoms with E-state index in [1.807, 2.05) is 0 Å². The van der Waals surface area contributed by atoms with Crippen molar-refractivity contribution in [1.82, 2.24) is 0 Å². The number of nitriles is 4. The predicted molar refractivity (Wildman–Crippen MR) is 38.8 cm³/mol. The lowest BCUT2D eigenvalue weighted by Gasteiger charge is -2.17. The van der Waals surface area contributed by atoms with Gasteiger partial charge in [-0.1, -0.05) is 17.9 Å². The molecule has 0 radical (unpaired) electrons. The third-order valence-electron chi connectivity index (χ3n) is 1.13. The Morgan fingerprint density at radius 3 is 1.83 bits per heavy atom. The van der Waals surface area contributed by atoms with Gasteiger partial charge in [-0.25, -0.2) is 15.8 Å². The van der Waals surface area contributed by atoms with Gasteiger partial charge in [-0.2, -0.15) is 5.26 Å². The Balaban J connectivity index is 4.23. The molecule has 58 valence electrons. The van der Waals surface area contributed by atoms with E-state index in [-0.39, 0.29) is 13.0 Å². The van der Waals surface area contributed by atoms with Gasteiger partial charge in [0.1, 0.15) is 0 Å². The molecule has 0 saturated heterocycles. The second-order valence-corrected chi connectivity index (χ2v) is 1.95. The molecule has 5 nitrogen and oxygen atoms in total. The lowest BCUT2D eigenvalue weighted by molar-refractivity contribution is 0.334. The van der Waals surface area contributed by atoms with E-state index in [0.717, 1.165) is 0 Å². The lowest BCUT2D eigenvalue weighted by atomic mass is 9.45. The quantitative estimate of drug-likeness (QED) is 0.427. The van der Waals surface area contributed by atoms with Crippen LogP contribution in [0.2, 0.25) is 0 Å². The molecule has 0 aromatic rings. The topological polar surface area (TPSA) is 104 Å². The second kappa shape index (κ2) is 4.75. The highest BCUT2D eigenvalue weighted by Gasteiger charge is 2.24. The fraction of sp³-hybridized carbons (Fsp3) is 0.333. The molecule has 12 heavy (non-hydrogen) atoms. The Labute approximate surface area is 69.9 Å². The maximum Gasteiger partial charge on any atom is 0.408 e. The van der Waals surface area contributed by atoms with Gasteiger partial charge in [0.05, 0.1) is 12.5 Å². The van der Waals surface area contributed by atoms with E-state index in [4.69, 9.17) is 21.0 Å². The van der Waals surface area contributed by atoms with Gasteiger partial charge in [-0.3, -0.25) is 0 Å². The maximum atomic E-state index is 8.40. The first-order valence-corrected chi connectivity index (χ1v) is 3.14.